The van der Waals surface area contributed by atoms with Crippen molar-refractivity contribution in [2.45, 2.75) is 19.4 Å². The maximum atomic E-state index is 13.2. The van der Waals surface area contributed by atoms with Crippen molar-refractivity contribution in [3.63, 3.8) is 0 Å². The highest BCUT2D eigenvalue weighted by Crippen LogP contribution is 2.31. The van der Waals surface area contributed by atoms with Gasteiger partial charge in [-0.2, -0.15) is 0 Å². The molecule has 0 saturated carbocycles. The molecule has 0 aliphatic heterocycles. The molecule has 2 aromatic carbocycles. The number of carbonyl (C=O) groups excluding carboxylic acids is 1. The van der Waals surface area contributed by atoms with Gasteiger partial charge in [0.25, 0.3) is 0 Å². The molecule has 1 heterocycles. The Hall–Kier alpha value is -2.15. The second kappa shape index (κ2) is 8.90. The van der Waals surface area contributed by atoms with Gasteiger partial charge < -0.3 is 14.6 Å². The zero-order valence-electron chi connectivity index (χ0n) is 15.5. The van der Waals surface area contributed by atoms with Gasteiger partial charge in [-0.05, 0) is 36.8 Å². The van der Waals surface area contributed by atoms with Gasteiger partial charge in [-0.3, -0.25) is 4.79 Å². The fourth-order valence-corrected chi connectivity index (χ4v) is 3.34. The fourth-order valence-electron chi connectivity index (χ4n) is 3.02. The van der Waals surface area contributed by atoms with E-state index >= 15 is 0 Å². The van der Waals surface area contributed by atoms with E-state index in [1.54, 1.807) is 38.3 Å². The van der Waals surface area contributed by atoms with Crippen LogP contribution in [0.15, 0.2) is 36.4 Å². The summed E-state index contributed by atoms with van der Waals surface area (Å²) in [5.74, 6) is 0.193. The van der Waals surface area contributed by atoms with Crippen LogP contribution in [-0.4, -0.2) is 35.7 Å². The van der Waals surface area contributed by atoms with Crippen LogP contribution in [0.3, 0.4) is 0 Å². The summed E-state index contributed by atoms with van der Waals surface area (Å²) >= 11 is 12.3. The standard InChI is InChI=1S/C20H20Cl2FN3O2/c1-12(20(27)24-7-8-28-2)26-18-11-16(22)15(21)10-17(18)25-19(26)9-13-3-5-14(23)6-4-13/h3-6,10-12H,7-9H2,1-2H3,(H,24,27)/t12-/m0/s1. The number of hydrogen-bond acceptors (Lipinski definition) is 3. The van der Waals surface area contributed by atoms with Gasteiger partial charge in [0.1, 0.15) is 17.7 Å². The average Bonchev–Trinajstić information content (AvgIpc) is 3.00. The lowest BCUT2D eigenvalue weighted by molar-refractivity contribution is -0.124. The minimum Gasteiger partial charge on any atom is -0.383 e. The monoisotopic (exact) mass is 423 g/mol. The number of halogens is 3. The first-order valence-corrected chi connectivity index (χ1v) is 9.53. The third-order valence-corrected chi connectivity index (χ3v) is 5.17. The van der Waals surface area contributed by atoms with Crippen LogP contribution in [0, 0.1) is 5.82 Å². The third kappa shape index (κ3) is 4.46. The number of fused-ring (bicyclic) bond motifs is 1. The highest BCUT2D eigenvalue weighted by atomic mass is 35.5. The predicted molar refractivity (Wildman–Crippen MR) is 109 cm³/mol. The maximum Gasteiger partial charge on any atom is 0.242 e. The van der Waals surface area contributed by atoms with E-state index in [9.17, 15) is 9.18 Å². The summed E-state index contributed by atoms with van der Waals surface area (Å²) < 4.78 is 20.0. The molecule has 0 aliphatic rings. The Kier molecular flexibility index (Phi) is 6.54. The molecule has 0 spiro atoms. The quantitative estimate of drug-likeness (QED) is 0.573. The molecule has 0 saturated heterocycles. The third-order valence-electron chi connectivity index (χ3n) is 4.45. The number of nitrogens with one attached hydrogen (secondary N) is 1. The van der Waals surface area contributed by atoms with Crippen molar-refractivity contribution in [1.82, 2.24) is 14.9 Å². The van der Waals surface area contributed by atoms with Crippen LogP contribution in [0.5, 0.6) is 0 Å². The number of aromatic nitrogens is 2. The Morgan fingerprint density at radius 2 is 1.93 bits per heavy atom. The molecule has 1 N–H and O–H groups in total. The topological polar surface area (TPSA) is 56.1 Å². The lowest BCUT2D eigenvalue weighted by Gasteiger charge is -2.18. The zero-order chi connectivity index (χ0) is 20.3. The van der Waals surface area contributed by atoms with Crippen molar-refractivity contribution in [2.24, 2.45) is 0 Å². The van der Waals surface area contributed by atoms with Crippen LogP contribution in [0.4, 0.5) is 4.39 Å². The number of imidazole rings is 1. The van der Waals surface area contributed by atoms with Gasteiger partial charge in [-0.1, -0.05) is 35.3 Å². The molecule has 0 bridgehead atoms. The maximum absolute atomic E-state index is 13.2. The molecule has 0 aliphatic carbocycles. The van der Waals surface area contributed by atoms with E-state index in [4.69, 9.17) is 27.9 Å². The largest absolute Gasteiger partial charge is 0.383 e. The number of carbonyl (C=O) groups is 1. The molecular weight excluding hydrogens is 404 g/mol. The lowest BCUT2D eigenvalue weighted by Crippen LogP contribution is -2.33. The second-order valence-electron chi connectivity index (χ2n) is 6.42. The first-order chi connectivity index (χ1) is 13.4. The number of methoxy groups -OCH3 is 1. The summed E-state index contributed by atoms with van der Waals surface area (Å²) in [6, 6.07) is 9.05. The number of amides is 1. The number of hydrogen-bond donors (Lipinski definition) is 1. The SMILES string of the molecule is COCCNC(=O)[C@H](C)n1c(Cc2ccc(F)cc2)nc2cc(Cl)c(Cl)cc21. The molecule has 0 radical (unpaired) electrons. The van der Waals surface area contributed by atoms with Gasteiger partial charge in [-0.15, -0.1) is 0 Å². The molecule has 1 aromatic heterocycles. The molecular formula is C20H20Cl2FN3O2. The van der Waals surface area contributed by atoms with Crippen LogP contribution < -0.4 is 5.32 Å². The Bertz CT molecular complexity index is 989. The molecule has 28 heavy (non-hydrogen) atoms. The first kappa shape index (κ1) is 20.6. The molecule has 3 rings (SSSR count). The summed E-state index contributed by atoms with van der Waals surface area (Å²) in [4.78, 5) is 17.3. The molecule has 3 aromatic rings. The highest BCUT2D eigenvalue weighted by molar-refractivity contribution is 6.42. The van der Waals surface area contributed by atoms with Crippen LogP contribution in [0.1, 0.15) is 24.4 Å². The Morgan fingerprint density at radius 3 is 2.61 bits per heavy atom. The van der Waals surface area contributed by atoms with E-state index in [-0.39, 0.29) is 11.7 Å². The van der Waals surface area contributed by atoms with Crippen LogP contribution >= 0.6 is 23.2 Å². The van der Waals surface area contributed by atoms with E-state index in [2.05, 4.69) is 10.3 Å². The van der Waals surface area contributed by atoms with Gasteiger partial charge in [0.05, 0.1) is 27.7 Å². The van der Waals surface area contributed by atoms with E-state index in [0.717, 1.165) is 5.56 Å². The van der Waals surface area contributed by atoms with Crippen LogP contribution in [0.2, 0.25) is 10.0 Å². The van der Waals surface area contributed by atoms with Crippen molar-refractivity contribution >= 4 is 40.1 Å². The van der Waals surface area contributed by atoms with E-state index in [0.29, 0.717) is 46.5 Å². The van der Waals surface area contributed by atoms with Crippen LogP contribution in [-0.2, 0) is 16.0 Å². The van der Waals surface area contributed by atoms with Crippen LogP contribution in [0.25, 0.3) is 11.0 Å². The molecule has 0 fully saturated rings. The highest BCUT2D eigenvalue weighted by Gasteiger charge is 2.22. The lowest BCUT2D eigenvalue weighted by atomic mass is 10.1. The molecule has 1 atom stereocenters. The van der Waals surface area contributed by atoms with E-state index in [1.165, 1.54) is 12.1 Å². The first-order valence-electron chi connectivity index (χ1n) is 8.77. The minimum absolute atomic E-state index is 0.164. The Labute approximate surface area is 172 Å². The molecule has 8 heteroatoms. The van der Waals surface area contributed by atoms with Gasteiger partial charge in [0, 0.05) is 20.1 Å². The van der Waals surface area contributed by atoms with Gasteiger partial charge in [0.2, 0.25) is 5.91 Å². The van der Waals surface area contributed by atoms with E-state index in [1.807, 2.05) is 4.57 Å². The van der Waals surface area contributed by atoms with Crippen molar-refractivity contribution < 1.29 is 13.9 Å². The van der Waals surface area contributed by atoms with Crippen molar-refractivity contribution in [1.29, 1.82) is 0 Å². The second-order valence-corrected chi connectivity index (χ2v) is 7.23. The summed E-state index contributed by atoms with van der Waals surface area (Å²) in [6.07, 6.45) is 0.430. The number of ether oxygens (including phenoxy) is 1. The molecule has 0 unspecified atom stereocenters. The van der Waals surface area contributed by atoms with Crippen molar-refractivity contribution in [3.8, 4) is 0 Å². The fraction of sp³-hybridized carbons (Fsp3) is 0.300. The zero-order valence-corrected chi connectivity index (χ0v) is 17.0. The molecule has 5 nitrogen and oxygen atoms in total. The minimum atomic E-state index is -0.533. The Balaban J connectivity index is 2.02. The summed E-state index contributed by atoms with van der Waals surface area (Å²) in [7, 11) is 1.57. The van der Waals surface area contributed by atoms with Gasteiger partial charge in [-0.25, -0.2) is 9.37 Å². The van der Waals surface area contributed by atoms with Crippen molar-refractivity contribution in [3.05, 3.63) is 63.6 Å². The van der Waals surface area contributed by atoms with Gasteiger partial charge >= 0.3 is 0 Å². The molecule has 148 valence electrons. The molecule has 1 amide bonds. The van der Waals surface area contributed by atoms with Gasteiger partial charge in [0.15, 0.2) is 0 Å². The summed E-state index contributed by atoms with van der Waals surface area (Å²) in [5.41, 5.74) is 2.23. The average molecular weight is 424 g/mol. The normalized spacial score (nSPS) is 12.3. The number of benzene rings is 2. The summed E-state index contributed by atoms with van der Waals surface area (Å²) in [6.45, 7) is 2.62. The Morgan fingerprint density at radius 1 is 1.25 bits per heavy atom. The van der Waals surface area contributed by atoms with Crippen molar-refractivity contribution in [2.75, 3.05) is 20.3 Å². The number of nitrogens with zero attached hydrogens (tertiary/aromatic N) is 2. The van der Waals surface area contributed by atoms with E-state index < -0.39 is 6.04 Å². The number of rotatable bonds is 7. The smallest absolute Gasteiger partial charge is 0.242 e. The predicted octanol–water partition coefficient (Wildman–Crippen LogP) is 4.40. The summed E-state index contributed by atoms with van der Waals surface area (Å²) in [5, 5.41) is 3.62.